The van der Waals surface area contributed by atoms with E-state index in [-0.39, 0.29) is 25.2 Å². The molecule has 0 bridgehead atoms. The summed E-state index contributed by atoms with van der Waals surface area (Å²) in [6.07, 6.45) is -0.329. The van der Waals surface area contributed by atoms with Gasteiger partial charge in [-0.2, -0.15) is 0 Å². The molecule has 6 heteroatoms. The minimum absolute atomic E-state index is 0.0522. The number of cyclic esters (lactones) is 1. The lowest BCUT2D eigenvalue weighted by molar-refractivity contribution is -0.122. The number of carbonyl (C=O) groups is 2. The van der Waals surface area contributed by atoms with E-state index >= 15 is 0 Å². The summed E-state index contributed by atoms with van der Waals surface area (Å²) >= 11 is 0. The minimum Gasteiger partial charge on any atom is -0.484 e. The van der Waals surface area contributed by atoms with E-state index in [0.717, 1.165) is 11.3 Å². The number of hydrogen-bond donors (Lipinski definition) is 1. The second-order valence-corrected chi connectivity index (χ2v) is 6.90. The molecule has 1 aliphatic heterocycles. The molecule has 29 heavy (non-hydrogen) atoms. The van der Waals surface area contributed by atoms with Gasteiger partial charge in [0.1, 0.15) is 12.4 Å². The fourth-order valence-corrected chi connectivity index (χ4v) is 2.79. The zero-order valence-corrected chi connectivity index (χ0v) is 16.6. The number of benzene rings is 2. The second kappa shape index (κ2) is 9.65. The monoisotopic (exact) mass is 392 g/mol. The summed E-state index contributed by atoms with van der Waals surface area (Å²) in [5, 5.41) is 2.71. The summed E-state index contributed by atoms with van der Waals surface area (Å²) < 4.78 is 10.4. The number of hydrogen-bond acceptors (Lipinski definition) is 4. The minimum atomic E-state index is -0.329. The molecule has 0 spiro atoms. The Morgan fingerprint density at radius 2 is 1.90 bits per heavy atom. The summed E-state index contributed by atoms with van der Waals surface area (Å²) in [4.78, 5) is 25.0. The Hall–Kier alpha value is -3.46. The molecule has 1 N–H and O–H groups in total. The Balaban J connectivity index is 1.41. The molecule has 3 rings (SSSR count). The fourth-order valence-electron chi connectivity index (χ4n) is 2.79. The molecule has 1 heterocycles. The average molecular weight is 392 g/mol. The highest BCUT2D eigenvalue weighted by atomic mass is 16.6. The molecule has 6 nitrogen and oxygen atoms in total. The van der Waals surface area contributed by atoms with Gasteiger partial charge in [0.25, 0.3) is 5.91 Å². The van der Waals surface area contributed by atoms with Crippen LogP contribution in [-0.4, -0.2) is 38.3 Å². The summed E-state index contributed by atoms with van der Waals surface area (Å²) in [6.45, 7) is 5.40. The van der Waals surface area contributed by atoms with Crippen LogP contribution in [0.3, 0.4) is 0 Å². The van der Waals surface area contributed by atoms with Crippen molar-refractivity contribution in [2.45, 2.75) is 19.8 Å². The topological polar surface area (TPSA) is 67.9 Å². The van der Waals surface area contributed by atoms with Gasteiger partial charge in [-0.3, -0.25) is 9.69 Å². The number of carbonyl (C=O) groups excluding carboxylic acids is 2. The van der Waals surface area contributed by atoms with Gasteiger partial charge in [-0.1, -0.05) is 37.8 Å². The lowest BCUT2D eigenvalue weighted by Gasteiger charge is -2.11. The number of nitrogens with zero attached hydrogens (tertiary/aromatic N) is 1. The van der Waals surface area contributed by atoms with Crippen LogP contribution in [0.15, 0.2) is 48.5 Å². The highest BCUT2D eigenvalue weighted by molar-refractivity contribution is 5.89. The van der Waals surface area contributed by atoms with E-state index in [4.69, 9.17) is 9.47 Å². The highest BCUT2D eigenvalue weighted by Crippen LogP contribution is 2.19. The maximum Gasteiger partial charge on any atom is 0.414 e. The number of nitrogens with one attached hydrogen (secondary N) is 1. The van der Waals surface area contributed by atoms with Crippen molar-refractivity contribution in [3.8, 4) is 17.6 Å². The molecule has 1 saturated heterocycles. The van der Waals surface area contributed by atoms with Crippen LogP contribution in [-0.2, 0) is 9.53 Å². The Morgan fingerprint density at radius 3 is 2.52 bits per heavy atom. The zero-order chi connectivity index (χ0) is 20.6. The van der Waals surface area contributed by atoms with Gasteiger partial charge in [-0.15, -0.1) is 0 Å². The van der Waals surface area contributed by atoms with E-state index in [9.17, 15) is 9.59 Å². The first-order valence-electron chi connectivity index (χ1n) is 9.55. The Morgan fingerprint density at radius 1 is 1.17 bits per heavy atom. The molecule has 2 aromatic carbocycles. The lowest BCUT2D eigenvalue weighted by Crippen LogP contribution is -2.29. The van der Waals surface area contributed by atoms with Gasteiger partial charge in [-0.05, 0) is 47.9 Å². The molecule has 0 saturated carbocycles. The molecule has 0 unspecified atom stereocenters. The van der Waals surface area contributed by atoms with Crippen LogP contribution in [0.25, 0.3) is 0 Å². The SMILES string of the molecule is CC(C)c1ccc(OCC(=O)NCC#Cc2ccc(N3CCOC3=O)cc2)cc1. The maximum absolute atomic E-state index is 11.9. The summed E-state index contributed by atoms with van der Waals surface area (Å²) in [5.41, 5.74) is 2.81. The molecule has 1 aliphatic rings. The van der Waals surface area contributed by atoms with Crippen molar-refractivity contribution in [3.63, 3.8) is 0 Å². The van der Waals surface area contributed by atoms with E-state index < -0.39 is 0 Å². The lowest BCUT2D eigenvalue weighted by atomic mass is 10.0. The van der Waals surface area contributed by atoms with Gasteiger partial charge in [0, 0.05) is 11.3 Å². The van der Waals surface area contributed by atoms with Gasteiger partial charge in [0.15, 0.2) is 6.61 Å². The van der Waals surface area contributed by atoms with Crippen LogP contribution >= 0.6 is 0 Å². The van der Waals surface area contributed by atoms with Crippen molar-refractivity contribution < 1.29 is 19.1 Å². The number of ether oxygens (including phenoxy) is 2. The van der Waals surface area contributed by atoms with Crippen molar-refractivity contribution >= 4 is 17.7 Å². The van der Waals surface area contributed by atoms with Gasteiger partial charge in [0.2, 0.25) is 0 Å². The maximum atomic E-state index is 11.9. The van der Waals surface area contributed by atoms with Crippen LogP contribution in [0.2, 0.25) is 0 Å². The number of amides is 2. The Labute approximate surface area is 170 Å². The smallest absolute Gasteiger partial charge is 0.414 e. The third-order valence-electron chi connectivity index (χ3n) is 4.46. The molecule has 1 fully saturated rings. The van der Waals surface area contributed by atoms with Crippen molar-refractivity contribution in [1.82, 2.24) is 5.32 Å². The van der Waals surface area contributed by atoms with Crippen molar-refractivity contribution in [3.05, 3.63) is 59.7 Å². The van der Waals surface area contributed by atoms with E-state index in [1.54, 1.807) is 4.90 Å². The van der Waals surface area contributed by atoms with Crippen LogP contribution < -0.4 is 15.0 Å². The van der Waals surface area contributed by atoms with Crippen molar-refractivity contribution in [2.75, 3.05) is 31.2 Å². The summed E-state index contributed by atoms with van der Waals surface area (Å²) in [7, 11) is 0. The van der Waals surface area contributed by atoms with E-state index in [1.165, 1.54) is 5.56 Å². The third-order valence-corrected chi connectivity index (χ3v) is 4.46. The second-order valence-electron chi connectivity index (χ2n) is 6.90. The molecule has 2 aromatic rings. The van der Waals surface area contributed by atoms with Gasteiger partial charge in [-0.25, -0.2) is 4.79 Å². The van der Waals surface area contributed by atoms with Crippen LogP contribution in [0.1, 0.15) is 30.9 Å². The fraction of sp³-hybridized carbons (Fsp3) is 0.304. The van der Waals surface area contributed by atoms with Gasteiger partial charge >= 0.3 is 6.09 Å². The van der Waals surface area contributed by atoms with Gasteiger partial charge in [0.05, 0.1) is 13.1 Å². The predicted octanol–water partition coefficient (Wildman–Crippen LogP) is 3.31. The van der Waals surface area contributed by atoms with E-state index in [2.05, 4.69) is 31.0 Å². The third kappa shape index (κ3) is 5.76. The first kappa shape index (κ1) is 20.3. The van der Waals surface area contributed by atoms with Crippen LogP contribution in [0.5, 0.6) is 5.75 Å². The molecule has 0 aliphatic carbocycles. The number of rotatable bonds is 6. The molecule has 0 radical (unpaired) electrons. The first-order chi connectivity index (χ1) is 14.0. The molecule has 150 valence electrons. The molecular formula is C23H24N2O4. The van der Waals surface area contributed by atoms with Crippen molar-refractivity contribution in [2.24, 2.45) is 0 Å². The number of anilines is 1. The van der Waals surface area contributed by atoms with E-state index in [1.807, 2.05) is 48.5 Å². The zero-order valence-electron chi connectivity index (χ0n) is 16.6. The Bertz CT molecular complexity index is 909. The van der Waals surface area contributed by atoms with Crippen molar-refractivity contribution in [1.29, 1.82) is 0 Å². The standard InChI is InChI=1S/C23H24N2O4/c1-17(2)19-7-11-21(12-8-19)29-16-22(26)24-13-3-4-18-5-9-20(10-6-18)25-14-15-28-23(25)27/h5-12,17H,13-16H2,1-2H3,(H,24,26). The highest BCUT2D eigenvalue weighted by Gasteiger charge is 2.23. The Kier molecular flexibility index (Phi) is 6.75. The largest absolute Gasteiger partial charge is 0.484 e. The quantitative estimate of drug-likeness (QED) is 0.766. The van der Waals surface area contributed by atoms with Gasteiger partial charge < -0.3 is 14.8 Å². The van der Waals surface area contributed by atoms with Crippen LogP contribution in [0, 0.1) is 11.8 Å². The predicted molar refractivity (Wildman–Crippen MR) is 111 cm³/mol. The van der Waals surface area contributed by atoms with E-state index in [0.29, 0.717) is 24.8 Å². The summed E-state index contributed by atoms with van der Waals surface area (Å²) in [5.74, 6) is 6.78. The molecule has 0 atom stereocenters. The van der Waals surface area contributed by atoms with Crippen LogP contribution in [0.4, 0.5) is 10.5 Å². The molecule has 0 aromatic heterocycles. The normalized spacial score (nSPS) is 12.9. The molecular weight excluding hydrogens is 368 g/mol. The molecule has 2 amide bonds. The summed E-state index contributed by atoms with van der Waals surface area (Å²) in [6, 6.07) is 15.1. The average Bonchev–Trinajstić information content (AvgIpc) is 3.16. The first-order valence-corrected chi connectivity index (χ1v) is 9.55.